The SMILES string of the molecule is CC(C)CCC[C@@H](C)[C@H]1CC[C@H]2[C@@H]3CC[C@H]4C[C@@H](OCc5cn([C@@H]6O[C@H](COS(=O)(=O)O)[C@@H](O[C@H]7O[C@H](COS(=O)(=O)O)[C@@H](OS(=O)(=O)O)[C@H](OS(=O)(=O)O)[C@H]7OS(=O)(=O)O)[C@H](OS(=O)(=O)O)[C@H]6OS(=O)(=O)O)nn5)CC[C@]4(C)[C@H]3CC[C@]12C. The van der Waals surface area contributed by atoms with E-state index in [1.165, 1.54) is 38.5 Å². The summed E-state index contributed by atoms with van der Waals surface area (Å²) in [7, 11) is -41.7. The van der Waals surface area contributed by atoms with Crippen molar-refractivity contribution in [2.45, 2.75) is 186 Å². The molecule has 42 heteroatoms. The van der Waals surface area contributed by atoms with Crippen molar-refractivity contribution >= 4 is 72.8 Å². The van der Waals surface area contributed by atoms with Crippen molar-refractivity contribution in [3.8, 4) is 0 Å². The number of rotatable bonds is 27. The largest absolute Gasteiger partial charge is 0.397 e. The van der Waals surface area contributed by atoms with Gasteiger partial charge in [0.25, 0.3) is 0 Å². The quantitative estimate of drug-likeness (QED) is 0.0618. The third-order valence-corrected chi connectivity index (χ3v) is 20.7. The van der Waals surface area contributed by atoms with Crippen LogP contribution in [0.15, 0.2) is 6.20 Å². The Labute approximate surface area is 487 Å². The molecular formula is C42H71N3O32S7. The Morgan fingerprint density at radius 3 is 1.65 bits per heavy atom. The number of fused-ring (bicyclic) bond motifs is 5. The molecule has 0 radical (unpaired) electrons. The van der Waals surface area contributed by atoms with Gasteiger partial charge in [-0.1, -0.05) is 59.1 Å². The molecular weight excluding hydrogens is 1280 g/mol. The van der Waals surface area contributed by atoms with Crippen molar-refractivity contribution in [2.24, 2.45) is 52.3 Å². The first-order valence-corrected chi connectivity index (χ1v) is 36.0. The van der Waals surface area contributed by atoms with Crippen molar-refractivity contribution in [3.05, 3.63) is 11.9 Å². The van der Waals surface area contributed by atoms with E-state index < -0.39 is 147 Å². The minimum atomic E-state index is -6.16. The topological polar surface area (TPSA) is 513 Å². The van der Waals surface area contributed by atoms with Gasteiger partial charge in [0.2, 0.25) is 0 Å². The van der Waals surface area contributed by atoms with E-state index in [1.807, 2.05) is 0 Å². The molecule has 488 valence electrons. The van der Waals surface area contributed by atoms with Crippen LogP contribution in [0.5, 0.6) is 0 Å². The number of hydrogen-bond acceptors (Lipinski definition) is 27. The molecule has 6 fully saturated rings. The van der Waals surface area contributed by atoms with Gasteiger partial charge in [-0.25, -0.2) is 34.0 Å². The molecule has 2 saturated heterocycles. The molecule has 1 aromatic heterocycles. The molecule has 7 rings (SSSR count). The van der Waals surface area contributed by atoms with Crippen LogP contribution in [0.3, 0.4) is 0 Å². The summed E-state index contributed by atoms with van der Waals surface area (Å²) in [6.45, 7) is 8.08. The van der Waals surface area contributed by atoms with Crippen LogP contribution < -0.4 is 0 Å². The van der Waals surface area contributed by atoms with Gasteiger partial charge in [0.05, 0.1) is 32.1 Å². The Morgan fingerprint density at radius 1 is 0.583 bits per heavy atom. The Hall–Kier alpha value is -1.93. The Morgan fingerprint density at radius 2 is 1.10 bits per heavy atom. The summed E-state index contributed by atoms with van der Waals surface area (Å²) < 4.78 is 293. The Kier molecular flexibility index (Phi) is 21.6. The average molecular weight is 1350 g/mol. The van der Waals surface area contributed by atoms with Crippen LogP contribution >= 0.6 is 0 Å². The summed E-state index contributed by atoms with van der Waals surface area (Å²) in [5.74, 6) is 4.20. The molecule has 0 amide bonds. The van der Waals surface area contributed by atoms with Crippen molar-refractivity contribution in [2.75, 3.05) is 13.2 Å². The lowest BCUT2D eigenvalue weighted by molar-refractivity contribution is -0.335. The van der Waals surface area contributed by atoms with Crippen molar-refractivity contribution in [3.63, 3.8) is 0 Å². The van der Waals surface area contributed by atoms with Crippen LogP contribution in [-0.4, -0.2) is 180 Å². The van der Waals surface area contributed by atoms with E-state index in [1.54, 1.807) is 0 Å². The molecule has 7 N–H and O–H groups in total. The third kappa shape index (κ3) is 18.4. The lowest BCUT2D eigenvalue weighted by Gasteiger charge is -2.61. The minimum Gasteiger partial charge on any atom is -0.372 e. The number of nitrogens with zero attached hydrogens (tertiary/aromatic N) is 3. The van der Waals surface area contributed by atoms with Crippen LogP contribution in [0, 0.1) is 52.3 Å². The van der Waals surface area contributed by atoms with Crippen LogP contribution in [-0.2, 0) is 128 Å². The standard InChI is InChI=1S/C42H71N3O32S7/c1-22(2)7-6-8-23(3)28-11-12-29-27-10-9-24-17-26(13-15-41(24,4)30(27)14-16-42(28,29)5)67-19-25-18-45(44-43-25)39-37(76-83(61,62)63)35(74-81(55,56)57)33(31(70-39)20-68-78(46,47)48)72-40-38(77-84(64,65)66)36(75-82(58,59)60)34(73-80(52,53)54)32(71-40)21-69-79(49,50)51/h18,22-24,26-40H,6-17,19-21H2,1-5H3,(H,46,47,48)(H,49,50,51)(H,52,53,54)(H,55,56,57)(H,58,59,60)(H,61,62,63)(H,64,65,66)/t23-,24+,26+,27+,28-,29+,30+,31-,32-,33-,34-,35+,36+,37-,38-,39-,40-,41+,42-/m1/s1. The van der Waals surface area contributed by atoms with Gasteiger partial charge in [0, 0.05) is 0 Å². The summed E-state index contributed by atoms with van der Waals surface area (Å²) in [4.78, 5) is 0. The zero-order valence-electron chi connectivity index (χ0n) is 45.6. The summed E-state index contributed by atoms with van der Waals surface area (Å²) >= 11 is 0. The van der Waals surface area contributed by atoms with E-state index in [9.17, 15) is 90.8 Å². The monoisotopic (exact) mass is 1350 g/mol. The molecule has 0 bridgehead atoms. The Bertz CT molecular complexity index is 3280. The van der Waals surface area contributed by atoms with Crippen molar-refractivity contribution in [1.29, 1.82) is 0 Å². The highest BCUT2D eigenvalue weighted by atomic mass is 32.3. The first-order chi connectivity index (χ1) is 38.4. The maximum atomic E-state index is 12.6. The Balaban J connectivity index is 1.16. The predicted octanol–water partition coefficient (Wildman–Crippen LogP) is 1.87. The lowest BCUT2D eigenvalue weighted by atomic mass is 9.44. The second-order valence-electron chi connectivity index (χ2n) is 23.2. The number of ether oxygens (including phenoxy) is 4. The minimum absolute atomic E-state index is 0.0381. The van der Waals surface area contributed by atoms with Crippen LogP contribution in [0.2, 0.25) is 0 Å². The molecule has 0 unspecified atom stereocenters. The summed E-state index contributed by atoms with van der Waals surface area (Å²) in [6.07, 6.45) is -15.9. The van der Waals surface area contributed by atoms with Crippen LogP contribution in [0.25, 0.3) is 0 Å². The van der Waals surface area contributed by atoms with Gasteiger partial charge >= 0.3 is 72.8 Å². The summed E-state index contributed by atoms with van der Waals surface area (Å²) in [6, 6.07) is 0. The molecule has 6 aliphatic rings. The van der Waals surface area contributed by atoms with Gasteiger partial charge < -0.3 is 18.9 Å². The maximum Gasteiger partial charge on any atom is 0.397 e. The molecule has 19 atom stereocenters. The predicted molar refractivity (Wildman–Crippen MR) is 276 cm³/mol. The molecule has 2 aliphatic heterocycles. The van der Waals surface area contributed by atoms with E-state index in [0.29, 0.717) is 64.4 Å². The average Bonchev–Trinajstić information content (AvgIpc) is 1.35. The first-order valence-electron chi connectivity index (χ1n) is 26.4. The smallest absolute Gasteiger partial charge is 0.372 e. The second kappa shape index (κ2) is 26.1. The zero-order chi connectivity index (χ0) is 62.6. The van der Waals surface area contributed by atoms with E-state index >= 15 is 0 Å². The van der Waals surface area contributed by atoms with E-state index in [4.69, 9.17) is 27.3 Å². The van der Waals surface area contributed by atoms with Gasteiger partial charge in [-0.3, -0.25) is 31.9 Å². The normalized spacial score (nSPS) is 36.9. The van der Waals surface area contributed by atoms with Crippen LogP contribution in [0.4, 0.5) is 0 Å². The van der Waals surface area contributed by atoms with Gasteiger partial charge in [-0.2, -0.15) is 58.9 Å². The van der Waals surface area contributed by atoms with Crippen LogP contribution in [0.1, 0.15) is 124 Å². The first kappa shape index (κ1) is 69.5. The van der Waals surface area contributed by atoms with Crippen molar-refractivity contribution in [1.82, 2.24) is 15.0 Å². The summed E-state index contributed by atoms with van der Waals surface area (Å²) in [5, 5.41) is 7.86. The molecule has 4 saturated carbocycles. The second-order valence-corrected chi connectivity index (χ2v) is 30.6. The highest BCUT2D eigenvalue weighted by Crippen LogP contribution is 2.68. The summed E-state index contributed by atoms with van der Waals surface area (Å²) in [5.41, 5.74) is 0.330. The third-order valence-electron chi connectivity index (χ3n) is 17.5. The highest BCUT2D eigenvalue weighted by Gasteiger charge is 2.62. The molecule has 84 heavy (non-hydrogen) atoms. The highest BCUT2D eigenvalue weighted by molar-refractivity contribution is 7.82. The van der Waals surface area contributed by atoms with Gasteiger partial charge in [-0.15, -0.1) is 5.10 Å². The molecule has 0 spiro atoms. The molecule has 4 aliphatic carbocycles. The fraction of sp³-hybridized carbons (Fsp3) is 0.952. The zero-order valence-corrected chi connectivity index (χ0v) is 51.3. The lowest BCUT2D eigenvalue weighted by Crippen LogP contribution is -2.66. The molecule has 3 heterocycles. The number of aromatic nitrogens is 3. The van der Waals surface area contributed by atoms with Crippen molar-refractivity contribution < 1.29 is 139 Å². The molecule has 1 aromatic rings. The molecule has 35 nitrogen and oxygen atoms in total. The maximum absolute atomic E-state index is 12.6. The van der Waals surface area contributed by atoms with E-state index in [-0.39, 0.29) is 23.8 Å². The van der Waals surface area contributed by atoms with Gasteiger partial charge in [0.15, 0.2) is 24.7 Å². The fourth-order valence-corrected chi connectivity index (χ4v) is 17.4. The van der Waals surface area contributed by atoms with Gasteiger partial charge in [0.1, 0.15) is 42.3 Å². The molecule has 0 aromatic carbocycles. The number of hydrogen-bond donors (Lipinski definition) is 7. The van der Waals surface area contributed by atoms with Gasteiger partial charge in [-0.05, 0) is 110 Å². The van der Waals surface area contributed by atoms with E-state index in [0.717, 1.165) is 31.9 Å². The fourth-order valence-electron chi connectivity index (χ4n) is 14.3. The van der Waals surface area contributed by atoms with E-state index in [2.05, 4.69) is 65.8 Å².